The van der Waals surface area contributed by atoms with E-state index in [0.29, 0.717) is 55.1 Å². The largest absolute Gasteiger partial charge is 0.490 e. The van der Waals surface area contributed by atoms with Crippen LogP contribution in [0.1, 0.15) is 50.4 Å². The summed E-state index contributed by atoms with van der Waals surface area (Å²) in [5.41, 5.74) is 0.529. The maximum atomic E-state index is 12.6. The Kier molecular flexibility index (Phi) is 7.64. The van der Waals surface area contributed by atoms with Gasteiger partial charge in [0.2, 0.25) is 5.75 Å². The van der Waals surface area contributed by atoms with Gasteiger partial charge >= 0.3 is 0 Å². The molecule has 1 unspecified atom stereocenters. The monoisotopic (exact) mass is 347 g/mol. The smallest absolute Gasteiger partial charge is 0.251 e. The number of carbonyl (C=O) groups is 1. The second-order valence-corrected chi connectivity index (χ2v) is 5.96. The molecule has 1 aromatic carbocycles. The molecular weight excluding hydrogens is 318 g/mol. The molecule has 1 aliphatic rings. The Morgan fingerprint density at radius 2 is 1.68 bits per heavy atom. The maximum Gasteiger partial charge on any atom is 0.251 e. The molecule has 1 amide bonds. The van der Waals surface area contributed by atoms with Crippen LogP contribution in [0.25, 0.3) is 0 Å². The van der Waals surface area contributed by atoms with Crippen molar-refractivity contribution in [1.82, 2.24) is 5.32 Å². The number of allylic oxidation sites excluding steroid dienone is 2. The highest BCUT2D eigenvalue weighted by atomic mass is 16.5. The summed E-state index contributed by atoms with van der Waals surface area (Å²) >= 11 is 0. The molecule has 0 saturated carbocycles. The average Bonchev–Trinajstić information content (AvgIpc) is 2.63. The number of benzene rings is 1. The van der Waals surface area contributed by atoms with Gasteiger partial charge in [0.1, 0.15) is 0 Å². The van der Waals surface area contributed by atoms with E-state index in [9.17, 15) is 4.79 Å². The molecule has 138 valence electrons. The number of hydrogen-bond acceptors (Lipinski definition) is 4. The molecule has 5 heteroatoms. The van der Waals surface area contributed by atoms with Crippen LogP contribution in [-0.4, -0.2) is 32.3 Å². The van der Waals surface area contributed by atoms with Crippen molar-refractivity contribution in [3.8, 4) is 17.2 Å². The Labute approximate surface area is 150 Å². The summed E-state index contributed by atoms with van der Waals surface area (Å²) in [6.07, 6.45) is 7.63. The lowest BCUT2D eigenvalue weighted by molar-refractivity contribution is 0.0945. The lowest BCUT2D eigenvalue weighted by Crippen LogP contribution is -2.29. The fourth-order valence-electron chi connectivity index (χ4n) is 2.90. The van der Waals surface area contributed by atoms with E-state index in [-0.39, 0.29) is 5.91 Å². The molecule has 0 aromatic heterocycles. The fraction of sp³-hybridized carbons (Fsp3) is 0.550. The van der Waals surface area contributed by atoms with Crippen LogP contribution in [0.5, 0.6) is 17.2 Å². The first-order valence-corrected chi connectivity index (χ1v) is 9.19. The third-order valence-corrected chi connectivity index (χ3v) is 4.10. The minimum atomic E-state index is -0.112. The highest BCUT2D eigenvalue weighted by Crippen LogP contribution is 2.39. The lowest BCUT2D eigenvalue weighted by atomic mass is 9.94. The molecule has 1 N–H and O–H groups in total. The molecule has 0 saturated heterocycles. The van der Waals surface area contributed by atoms with Crippen molar-refractivity contribution in [3.05, 3.63) is 29.8 Å². The van der Waals surface area contributed by atoms with Gasteiger partial charge in [0.15, 0.2) is 11.5 Å². The SMILES string of the molecule is CCOc1cc(C(=O)NCC2CC=CCC2)cc(OCC)c1OCC. The van der Waals surface area contributed by atoms with E-state index in [1.165, 1.54) is 0 Å². The van der Waals surface area contributed by atoms with Gasteiger partial charge in [0.25, 0.3) is 5.91 Å². The highest BCUT2D eigenvalue weighted by Gasteiger charge is 2.19. The summed E-state index contributed by atoms with van der Waals surface area (Å²) in [6, 6.07) is 3.46. The molecule has 5 nitrogen and oxygen atoms in total. The Morgan fingerprint density at radius 3 is 2.20 bits per heavy atom. The second kappa shape index (κ2) is 9.97. The third-order valence-electron chi connectivity index (χ3n) is 4.10. The van der Waals surface area contributed by atoms with E-state index in [2.05, 4.69) is 17.5 Å². The van der Waals surface area contributed by atoms with E-state index in [1.54, 1.807) is 12.1 Å². The third kappa shape index (κ3) is 5.41. The summed E-state index contributed by atoms with van der Waals surface area (Å²) in [5, 5.41) is 3.03. The molecule has 1 atom stereocenters. The average molecular weight is 347 g/mol. The van der Waals surface area contributed by atoms with Crippen molar-refractivity contribution >= 4 is 5.91 Å². The van der Waals surface area contributed by atoms with Gasteiger partial charge in [-0.2, -0.15) is 0 Å². The standard InChI is InChI=1S/C20H29NO4/c1-4-23-17-12-16(13-18(24-5-2)19(17)25-6-3)20(22)21-14-15-10-8-7-9-11-15/h7-8,12-13,15H,4-6,9-11,14H2,1-3H3,(H,21,22). The van der Waals surface area contributed by atoms with Crippen molar-refractivity contribution in [2.75, 3.05) is 26.4 Å². The van der Waals surface area contributed by atoms with E-state index >= 15 is 0 Å². The molecule has 2 rings (SSSR count). The quantitative estimate of drug-likeness (QED) is 0.687. The Balaban J connectivity index is 2.17. The van der Waals surface area contributed by atoms with Crippen molar-refractivity contribution in [2.24, 2.45) is 5.92 Å². The number of amides is 1. The van der Waals surface area contributed by atoms with E-state index in [4.69, 9.17) is 14.2 Å². The second-order valence-electron chi connectivity index (χ2n) is 5.96. The van der Waals surface area contributed by atoms with Gasteiger partial charge in [-0.3, -0.25) is 4.79 Å². The van der Waals surface area contributed by atoms with Gasteiger partial charge in [0.05, 0.1) is 19.8 Å². The zero-order valence-electron chi connectivity index (χ0n) is 15.5. The highest BCUT2D eigenvalue weighted by molar-refractivity contribution is 5.95. The normalized spacial score (nSPS) is 16.4. The molecule has 0 bridgehead atoms. The van der Waals surface area contributed by atoms with Crippen LogP contribution in [0.4, 0.5) is 0 Å². The van der Waals surface area contributed by atoms with Gasteiger partial charge < -0.3 is 19.5 Å². The zero-order valence-corrected chi connectivity index (χ0v) is 15.5. The number of hydrogen-bond donors (Lipinski definition) is 1. The number of carbonyl (C=O) groups excluding carboxylic acids is 1. The van der Waals surface area contributed by atoms with Gasteiger partial charge in [-0.25, -0.2) is 0 Å². The Morgan fingerprint density at radius 1 is 1.04 bits per heavy atom. The van der Waals surface area contributed by atoms with Gasteiger partial charge in [-0.15, -0.1) is 0 Å². The van der Waals surface area contributed by atoms with Crippen LogP contribution < -0.4 is 19.5 Å². The topological polar surface area (TPSA) is 56.8 Å². The van der Waals surface area contributed by atoms with Crippen LogP contribution in [0.3, 0.4) is 0 Å². The van der Waals surface area contributed by atoms with Crippen molar-refractivity contribution < 1.29 is 19.0 Å². The summed E-state index contributed by atoms with van der Waals surface area (Å²) in [7, 11) is 0. The molecule has 0 spiro atoms. The molecule has 0 radical (unpaired) electrons. The van der Waals surface area contributed by atoms with Crippen LogP contribution >= 0.6 is 0 Å². The van der Waals surface area contributed by atoms with E-state index < -0.39 is 0 Å². The maximum absolute atomic E-state index is 12.6. The van der Waals surface area contributed by atoms with E-state index in [0.717, 1.165) is 19.3 Å². The molecular formula is C20H29NO4. The molecule has 1 aliphatic carbocycles. The van der Waals surface area contributed by atoms with Crippen molar-refractivity contribution in [3.63, 3.8) is 0 Å². The molecule has 0 fully saturated rings. The van der Waals surface area contributed by atoms with Crippen molar-refractivity contribution in [1.29, 1.82) is 0 Å². The fourth-order valence-corrected chi connectivity index (χ4v) is 2.90. The molecule has 0 heterocycles. The van der Waals surface area contributed by atoms with Crippen LogP contribution in [0.15, 0.2) is 24.3 Å². The van der Waals surface area contributed by atoms with Gasteiger partial charge in [-0.05, 0) is 58.1 Å². The predicted octanol–water partition coefficient (Wildman–Crippen LogP) is 3.97. The minimum absolute atomic E-state index is 0.112. The first kappa shape index (κ1) is 19.2. The van der Waals surface area contributed by atoms with Gasteiger partial charge in [-0.1, -0.05) is 12.2 Å². The first-order chi connectivity index (χ1) is 12.2. The van der Waals surface area contributed by atoms with Crippen LogP contribution in [0, 0.1) is 5.92 Å². The molecule has 1 aromatic rings. The summed E-state index contributed by atoms with van der Waals surface area (Å²) in [5.74, 6) is 2.04. The summed E-state index contributed by atoms with van der Waals surface area (Å²) < 4.78 is 17.0. The Bertz CT molecular complexity index is 570. The predicted molar refractivity (Wildman–Crippen MR) is 98.8 cm³/mol. The molecule has 25 heavy (non-hydrogen) atoms. The van der Waals surface area contributed by atoms with Crippen LogP contribution in [0.2, 0.25) is 0 Å². The number of rotatable bonds is 9. The first-order valence-electron chi connectivity index (χ1n) is 9.19. The number of nitrogens with one attached hydrogen (secondary N) is 1. The summed E-state index contributed by atoms with van der Waals surface area (Å²) in [6.45, 7) is 7.88. The van der Waals surface area contributed by atoms with Crippen molar-refractivity contribution in [2.45, 2.75) is 40.0 Å². The summed E-state index contributed by atoms with van der Waals surface area (Å²) in [4.78, 5) is 12.6. The number of ether oxygens (including phenoxy) is 3. The Hall–Kier alpha value is -2.17. The van der Waals surface area contributed by atoms with Gasteiger partial charge in [0, 0.05) is 12.1 Å². The van der Waals surface area contributed by atoms with E-state index in [1.807, 2.05) is 20.8 Å². The van der Waals surface area contributed by atoms with Crippen LogP contribution in [-0.2, 0) is 0 Å². The minimum Gasteiger partial charge on any atom is -0.490 e. The molecule has 0 aliphatic heterocycles. The lowest BCUT2D eigenvalue weighted by Gasteiger charge is -2.19. The zero-order chi connectivity index (χ0) is 18.1.